The summed E-state index contributed by atoms with van der Waals surface area (Å²) in [5.41, 5.74) is 0.546. The van der Waals surface area contributed by atoms with Crippen LogP contribution in [0, 0.1) is 11.6 Å². The summed E-state index contributed by atoms with van der Waals surface area (Å²) in [6.07, 6.45) is 0.575. The zero-order valence-electron chi connectivity index (χ0n) is 13.1. The highest BCUT2D eigenvalue weighted by molar-refractivity contribution is 5.94. The van der Waals surface area contributed by atoms with E-state index in [0.29, 0.717) is 30.4 Å². The molecule has 126 valence electrons. The van der Waals surface area contributed by atoms with Gasteiger partial charge in [0.25, 0.3) is 0 Å². The molecule has 0 heterocycles. The van der Waals surface area contributed by atoms with Crippen LogP contribution in [-0.2, 0) is 4.79 Å². The quantitative estimate of drug-likeness (QED) is 0.616. The fourth-order valence-corrected chi connectivity index (χ4v) is 2.01. The van der Waals surface area contributed by atoms with Gasteiger partial charge in [-0.05, 0) is 49.7 Å². The number of hydrogen-bond acceptors (Lipinski definition) is 3. The summed E-state index contributed by atoms with van der Waals surface area (Å²) in [5.74, 6) is -1.31. The Morgan fingerprint density at radius 2 is 1.79 bits per heavy atom. The Morgan fingerprint density at radius 1 is 1.08 bits per heavy atom. The van der Waals surface area contributed by atoms with Gasteiger partial charge in [0.15, 0.2) is 5.78 Å². The average molecular weight is 333 g/mol. The van der Waals surface area contributed by atoms with E-state index in [4.69, 9.17) is 4.74 Å². The Morgan fingerprint density at radius 3 is 2.42 bits per heavy atom. The molecule has 0 radical (unpaired) electrons. The summed E-state index contributed by atoms with van der Waals surface area (Å²) >= 11 is 0. The zero-order chi connectivity index (χ0) is 17.5. The van der Waals surface area contributed by atoms with E-state index >= 15 is 0 Å². The number of benzene rings is 2. The second-order valence-corrected chi connectivity index (χ2v) is 5.20. The minimum absolute atomic E-state index is 0.0220. The molecule has 0 unspecified atom stereocenters. The Labute approximate surface area is 138 Å². The van der Waals surface area contributed by atoms with E-state index in [0.717, 1.165) is 6.07 Å². The number of carbonyl (C=O) groups excluding carboxylic acids is 2. The number of anilines is 1. The van der Waals surface area contributed by atoms with Crippen LogP contribution < -0.4 is 10.1 Å². The van der Waals surface area contributed by atoms with Gasteiger partial charge < -0.3 is 10.1 Å². The molecule has 1 N–H and O–H groups in total. The van der Waals surface area contributed by atoms with Crippen LogP contribution in [0.3, 0.4) is 0 Å². The molecular weight excluding hydrogens is 316 g/mol. The molecule has 0 atom stereocenters. The molecule has 24 heavy (non-hydrogen) atoms. The van der Waals surface area contributed by atoms with Crippen molar-refractivity contribution in [3.8, 4) is 5.75 Å². The maximum Gasteiger partial charge on any atom is 0.224 e. The number of carbonyl (C=O) groups is 2. The number of nitrogens with one attached hydrogen (secondary N) is 1. The minimum Gasteiger partial charge on any atom is -0.494 e. The Bertz CT molecular complexity index is 730. The van der Waals surface area contributed by atoms with Crippen LogP contribution in [0.2, 0.25) is 0 Å². The lowest BCUT2D eigenvalue weighted by Crippen LogP contribution is -2.14. The molecule has 0 spiro atoms. The molecule has 0 saturated carbocycles. The van der Waals surface area contributed by atoms with Gasteiger partial charge in [0.1, 0.15) is 17.4 Å². The highest BCUT2D eigenvalue weighted by atomic mass is 19.1. The van der Waals surface area contributed by atoms with Crippen molar-refractivity contribution in [3.05, 3.63) is 59.7 Å². The molecule has 6 heteroatoms. The van der Waals surface area contributed by atoms with Crippen molar-refractivity contribution in [1.82, 2.24) is 0 Å². The largest absolute Gasteiger partial charge is 0.494 e. The van der Waals surface area contributed by atoms with E-state index in [-0.39, 0.29) is 23.8 Å². The van der Waals surface area contributed by atoms with Gasteiger partial charge in [-0.1, -0.05) is 0 Å². The summed E-state index contributed by atoms with van der Waals surface area (Å²) in [6, 6.07) is 9.67. The van der Waals surface area contributed by atoms with Gasteiger partial charge >= 0.3 is 0 Å². The number of amides is 1. The third-order valence-electron chi connectivity index (χ3n) is 3.28. The number of rotatable bonds is 7. The zero-order valence-corrected chi connectivity index (χ0v) is 13.1. The van der Waals surface area contributed by atoms with Crippen molar-refractivity contribution in [2.75, 3.05) is 11.9 Å². The number of halogens is 2. The third kappa shape index (κ3) is 5.15. The van der Waals surface area contributed by atoms with Crippen molar-refractivity contribution < 1.29 is 23.1 Å². The summed E-state index contributed by atoms with van der Waals surface area (Å²) in [5, 5.41) is 2.38. The van der Waals surface area contributed by atoms with Crippen molar-refractivity contribution in [2.45, 2.75) is 19.8 Å². The summed E-state index contributed by atoms with van der Waals surface area (Å²) in [4.78, 5) is 22.9. The van der Waals surface area contributed by atoms with Crippen LogP contribution in [0.4, 0.5) is 14.5 Å². The topological polar surface area (TPSA) is 55.4 Å². The maximum absolute atomic E-state index is 13.4. The highest BCUT2D eigenvalue weighted by Gasteiger charge is 2.08. The molecule has 0 aliphatic heterocycles. The maximum atomic E-state index is 13.4. The average Bonchev–Trinajstić information content (AvgIpc) is 2.55. The van der Waals surface area contributed by atoms with E-state index in [1.54, 1.807) is 24.3 Å². The van der Waals surface area contributed by atoms with Crippen molar-refractivity contribution in [3.63, 3.8) is 0 Å². The first kappa shape index (κ1) is 17.6. The molecule has 0 bridgehead atoms. The minimum atomic E-state index is -0.815. The Balaban J connectivity index is 1.73. The van der Waals surface area contributed by atoms with Gasteiger partial charge in [-0.2, -0.15) is 0 Å². The molecule has 2 aromatic rings. The van der Waals surface area contributed by atoms with Crippen molar-refractivity contribution in [1.29, 1.82) is 0 Å². The van der Waals surface area contributed by atoms with Crippen molar-refractivity contribution >= 4 is 17.4 Å². The van der Waals surface area contributed by atoms with Gasteiger partial charge in [-0.3, -0.25) is 9.59 Å². The van der Waals surface area contributed by atoms with Crippen LogP contribution in [0.25, 0.3) is 0 Å². The van der Waals surface area contributed by atoms with Gasteiger partial charge in [0, 0.05) is 18.1 Å². The van der Waals surface area contributed by atoms with E-state index in [1.807, 2.05) is 0 Å². The molecule has 1 amide bonds. The summed E-state index contributed by atoms with van der Waals surface area (Å²) < 4.78 is 31.6. The van der Waals surface area contributed by atoms with E-state index in [9.17, 15) is 18.4 Å². The second-order valence-electron chi connectivity index (χ2n) is 5.20. The third-order valence-corrected chi connectivity index (χ3v) is 3.28. The molecule has 2 aromatic carbocycles. The van der Waals surface area contributed by atoms with Crippen LogP contribution in [-0.4, -0.2) is 18.3 Å². The predicted molar refractivity (Wildman–Crippen MR) is 86.2 cm³/mol. The fourth-order valence-electron chi connectivity index (χ4n) is 2.01. The van der Waals surface area contributed by atoms with Crippen LogP contribution in [0.5, 0.6) is 5.75 Å². The molecule has 0 aliphatic rings. The van der Waals surface area contributed by atoms with Gasteiger partial charge in [-0.15, -0.1) is 0 Å². The summed E-state index contributed by atoms with van der Waals surface area (Å²) in [7, 11) is 0. The van der Waals surface area contributed by atoms with Gasteiger partial charge in [-0.25, -0.2) is 8.78 Å². The van der Waals surface area contributed by atoms with E-state index < -0.39 is 11.6 Å². The Hall–Kier alpha value is -2.76. The monoisotopic (exact) mass is 333 g/mol. The van der Waals surface area contributed by atoms with Gasteiger partial charge in [0.05, 0.1) is 12.3 Å². The lowest BCUT2D eigenvalue weighted by atomic mass is 10.1. The molecule has 4 nitrogen and oxygen atoms in total. The molecular formula is C18H17F2NO3. The van der Waals surface area contributed by atoms with Crippen LogP contribution in [0.15, 0.2) is 42.5 Å². The summed E-state index contributed by atoms with van der Waals surface area (Å²) in [6.45, 7) is 1.79. The first-order valence-electron chi connectivity index (χ1n) is 7.44. The number of Topliss-reactive ketones (excluding diaryl/α,β-unsaturated/α-hetero) is 1. The molecule has 0 saturated heterocycles. The predicted octanol–water partition coefficient (Wildman–Crippen LogP) is 3.97. The van der Waals surface area contributed by atoms with Crippen LogP contribution >= 0.6 is 0 Å². The SMILES string of the molecule is CC(=O)c1ccc(OCCCC(=O)Nc2ccc(F)cc2F)cc1. The highest BCUT2D eigenvalue weighted by Crippen LogP contribution is 2.16. The lowest BCUT2D eigenvalue weighted by molar-refractivity contribution is -0.116. The van der Waals surface area contributed by atoms with Crippen LogP contribution in [0.1, 0.15) is 30.1 Å². The van der Waals surface area contributed by atoms with E-state index in [2.05, 4.69) is 5.32 Å². The fraction of sp³-hybridized carbons (Fsp3) is 0.222. The second kappa shape index (κ2) is 8.19. The Kier molecular flexibility index (Phi) is 6.01. The van der Waals surface area contributed by atoms with Crippen molar-refractivity contribution in [2.24, 2.45) is 0 Å². The first-order valence-corrected chi connectivity index (χ1v) is 7.44. The normalized spacial score (nSPS) is 10.3. The molecule has 0 aliphatic carbocycles. The molecule has 2 rings (SSSR count). The number of ether oxygens (including phenoxy) is 1. The smallest absolute Gasteiger partial charge is 0.224 e. The van der Waals surface area contributed by atoms with Gasteiger partial charge in [0.2, 0.25) is 5.91 Å². The standard InChI is InChI=1S/C18H17F2NO3/c1-12(22)13-4-7-15(8-5-13)24-10-2-3-18(23)21-17-9-6-14(19)11-16(17)20/h4-9,11H,2-3,10H2,1H3,(H,21,23). The lowest BCUT2D eigenvalue weighted by Gasteiger charge is -2.08. The number of ketones is 1. The molecule has 0 fully saturated rings. The first-order chi connectivity index (χ1) is 11.5. The van der Waals surface area contributed by atoms with E-state index in [1.165, 1.54) is 13.0 Å². The number of hydrogen-bond donors (Lipinski definition) is 1. The molecule has 0 aromatic heterocycles.